The Balaban J connectivity index is 2.61. The fourth-order valence-electron chi connectivity index (χ4n) is 1.25. The van der Waals surface area contributed by atoms with Gasteiger partial charge in [-0.15, -0.1) is 0 Å². The van der Waals surface area contributed by atoms with E-state index in [4.69, 9.17) is 14.2 Å². The molecule has 1 atom stereocenters. The summed E-state index contributed by atoms with van der Waals surface area (Å²) in [5, 5.41) is 10.5. The van der Waals surface area contributed by atoms with Crippen molar-refractivity contribution in [3.8, 4) is 0 Å². The summed E-state index contributed by atoms with van der Waals surface area (Å²) in [4.78, 5) is 11.7. The lowest BCUT2D eigenvalue weighted by atomic mass is 10.3. The first-order valence-corrected chi connectivity index (χ1v) is 9.40. The van der Waals surface area contributed by atoms with Crippen molar-refractivity contribution in [3.05, 3.63) is 30.1 Å². The van der Waals surface area contributed by atoms with Gasteiger partial charge in [0.25, 0.3) is 0 Å². The maximum atomic E-state index is 12.7. The van der Waals surface area contributed by atoms with Crippen molar-refractivity contribution >= 4 is 29.9 Å². The van der Waals surface area contributed by atoms with Crippen LogP contribution in [0.25, 0.3) is 0 Å². The Hall–Kier alpha value is -1.04. The molecule has 1 amide bonds. The monoisotopic (exact) mass is 320 g/mol. The van der Waals surface area contributed by atoms with E-state index in [1.807, 2.05) is 6.92 Å². The van der Waals surface area contributed by atoms with E-state index < -0.39 is 12.8 Å². The van der Waals surface area contributed by atoms with E-state index in [2.05, 4.69) is 5.32 Å². The summed E-state index contributed by atoms with van der Waals surface area (Å²) in [6.07, 6.45) is 0.0957. The van der Waals surface area contributed by atoms with E-state index in [1.54, 1.807) is 6.92 Å². The highest BCUT2D eigenvalue weighted by Crippen LogP contribution is 2.61. The molecule has 2 N–H and O–H groups in total. The summed E-state index contributed by atoms with van der Waals surface area (Å²) in [6, 6.07) is 5.29. The minimum absolute atomic E-state index is 0.303. The van der Waals surface area contributed by atoms with Crippen LogP contribution in [0.3, 0.4) is 0 Å². The number of benzene rings is 1. The molecule has 1 unspecified atom stereocenters. The zero-order valence-electron chi connectivity index (χ0n) is 11.4. The van der Waals surface area contributed by atoms with Crippen molar-refractivity contribution in [2.24, 2.45) is 0 Å². The summed E-state index contributed by atoms with van der Waals surface area (Å²) >= 11 is 1.20. The highest BCUT2D eigenvalue weighted by atomic mass is 32.7. The van der Waals surface area contributed by atoms with Crippen molar-refractivity contribution < 1.29 is 18.2 Å². The third-order valence-corrected chi connectivity index (χ3v) is 6.10. The Labute approximate surface area is 122 Å². The molecule has 112 valence electrons. The maximum absolute atomic E-state index is 12.7. The summed E-state index contributed by atoms with van der Waals surface area (Å²) in [5.41, 5.74) is 0.403. The summed E-state index contributed by atoms with van der Waals surface area (Å²) in [6.45, 7) is 1.02. The summed E-state index contributed by atoms with van der Waals surface area (Å²) in [5.74, 6) is 0.292. The summed E-state index contributed by atoms with van der Waals surface area (Å²) in [7, 11) is 0. The molecule has 20 heavy (non-hydrogen) atoms. The van der Waals surface area contributed by atoms with Crippen molar-refractivity contribution in [3.63, 3.8) is 0 Å². The van der Waals surface area contributed by atoms with Gasteiger partial charge < -0.3 is 9.05 Å². The maximum Gasteiger partial charge on any atom is 0.417 e. The standard InChI is InChI=1S/C12H18FN2O3PS/c1-3-9-20-19(14,17-4-2)18-12(16)15-11-7-5-10(13)6-8-11/h5-8,14H,3-4,9H2,1-2H3,(H,15,16). The molecule has 0 aliphatic rings. The van der Waals surface area contributed by atoms with E-state index in [0.29, 0.717) is 18.0 Å². The van der Waals surface area contributed by atoms with Gasteiger partial charge in [0.1, 0.15) is 5.82 Å². The number of rotatable bonds is 7. The average Bonchev–Trinajstić information content (AvgIpc) is 2.39. The van der Waals surface area contributed by atoms with Crippen LogP contribution in [0.2, 0.25) is 0 Å². The number of nitrogens with one attached hydrogen (secondary N) is 2. The first kappa shape index (κ1) is 17.0. The van der Waals surface area contributed by atoms with Gasteiger partial charge in [0, 0.05) is 11.4 Å². The molecule has 0 aliphatic heterocycles. The van der Waals surface area contributed by atoms with Crippen LogP contribution in [0.15, 0.2) is 24.3 Å². The van der Waals surface area contributed by atoms with E-state index in [1.165, 1.54) is 35.6 Å². The zero-order chi connectivity index (χ0) is 15.0. The molecular weight excluding hydrogens is 302 g/mol. The van der Waals surface area contributed by atoms with Gasteiger partial charge in [0.2, 0.25) is 0 Å². The third-order valence-electron chi connectivity index (χ3n) is 2.06. The lowest BCUT2D eigenvalue weighted by Crippen LogP contribution is -2.12. The molecule has 0 spiro atoms. The van der Waals surface area contributed by atoms with Gasteiger partial charge in [0.15, 0.2) is 0 Å². The minimum atomic E-state index is -3.01. The molecule has 0 bridgehead atoms. The molecule has 0 aromatic heterocycles. The largest absolute Gasteiger partial charge is 0.417 e. The Morgan fingerprint density at radius 1 is 1.40 bits per heavy atom. The minimum Gasteiger partial charge on any atom is -0.382 e. The molecule has 0 radical (unpaired) electrons. The third kappa shape index (κ3) is 5.94. The number of carbonyl (C=O) groups is 1. The first-order chi connectivity index (χ1) is 9.49. The Morgan fingerprint density at radius 2 is 2.05 bits per heavy atom. The topological polar surface area (TPSA) is 71.4 Å². The smallest absolute Gasteiger partial charge is 0.382 e. The van der Waals surface area contributed by atoms with Crippen molar-refractivity contribution in [2.75, 3.05) is 17.7 Å². The van der Waals surface area contributed by atoms with Crippen LogP contribution in [-0.2, 0) is 9.05 Å². The van der Waals surface area contributed by atoms with Gasteiger partial charge in [-0.05, 0) is 49.0 Å². The van der Waals surface area contributed by atoms with Gasteiger partial charge >= 0.3 is 12.8 Å². The summed E-state index contributed by atoms with van der Waals surface area (Å²) < 4.78 is 23.1. The molecule has 0 heterocycles. The van der Waals surface area contributed by atoms with Crippen LogP contribution in [-0.4, -0.2) is 18.5 Å². The number of halogens is 1. The fraction of sp³-hybridized carbons (Fsp3) is 0.417. The van der Waals surface area contributed by atoms with Crippen LogP contribution >= 0.6 is 18.1 Å². The van der Waals surface area contributed by atoms with E-state index in [0.717, 1.165) is 6.42 Å². The van der Waals surface area contributed by atoms with Crippen LogP contribution in [0.1, 0.15) is 20.3 Å². The van der Waals surface area contributed by atoms with Gasteiger partial charge in [-0.25, -0.2) is 9.18 Å². The zero-order valence-corrected chi connectivity index (χ0v) is 13.1. The predicted molar refractivity (Wildman–Crippen MR) is 80.5 cm³/mol. The molecular formula is C12H18FN2O3PS. The van der Waals surface area contributed by atoms with Gasteiger partial charge in [-0.1, -0.05) is 6.92 Å². The number of amides is 1. The Kier molecular flexibility index (Phi) is 7.05. The molecule has 8 heteroatoms. The van der Waals surface area contributed by atoms with E-state index >= 15 is 0 Å². The Morgan fingerprint density at radius 3 is 2.60 bits per heavy atom. The van der Waals surface area contributed by atoms with Crippen molar-refractivity contribution in [1.82, 2.24) is 0 Å². The molecule has 1 aromatic rings. The lowest BCUT2D eigenvalue weighted by molar-refractivity contribution is 0.209. The average molecular weight is 320 g/mol. The normalized spacial score (nSPS) is 13.6. The number of anilines is 1. The Bertz CT molecular complexity index is 484. The highest BCUT2D eigenvalue weighted by molar-refractivity contribution is 8.55. The molecule has 0 aliphatic carbocycles. The quantitative estimate of drug-likeness (QED) is 0.687. The van der Waals surface area contributed by atoms with Gasteiger partial charge in [-0.3, -0.25) is 10.5 Å². The van der Waals surface area contributed by atoms with Crippen LogP contribution in [0.5, 0.6) is 0 Å². The van der Waals surface area contributed by atoms with Crippen LogP contribution in [0.4, 0.5) is 14.9 Å². The molecule has 0 saturated carbocycles. The number of hydrogen-bond donors (Lipinski definition) is 2. The highest BCUT2D eigenvalue weighted by Gasteiger charge is 2.24. The fourth-order valence-corrected chi connectivity index (χ4v) is 4.63. The van der Waals surface area contributed by atoms with Crippen LogP contribution in [0, 0.1) is 11.0 Å². The predicted octanol–water partition coefficient (Wildman–Crippen LogP) is 5.08. The molecule has 1 aromatic carbocycles. The molecule has 1 rings (SSSR count). The van der Waals surface area contributed by atoms with Gasteiger partial charge in [-0.2, -0.15) is 0 Å². The van der Waals surface area contributed by atoms with Crippen molar-refractivity contribution in [1.29, 1.82) is 5.16 Å². The SMILES string of the molecule is CCCSP(=N)(OCC)OC(=O)Nc1ccc(F)cc1. The lowest BCUT2D eigenvalue weighted by Gasteiger charge is -2.20. The molecule has 0 fully saturated rings. The number of carbonyl (C=O) groups excluding carboxylic acids is 1. The van der Waals surface area contributed by atoms with Crippen molar-refractivity contribution in [2.45, 2.75) is 20.3 Å². The van der Waals surface area contributed by atoms with E-state index in [-0.39, 0.29) is 5.82 Å². The van der Waals surface area contributed by atoms with E-state index in [9.17, 15) is 9.18 Å². The van der Waals surface area contributed by atoms with Gasteiger partial charge in [0.05, 0.1) is 6.61 Å². The first-order valence-electron chi connectivity index (χ1n) is 6.18. The molecule has 5 nitrogen and oxygen atoms in total. The second-order valence-electron chi connectivity index (χ2n) is 3.76. The number of hydrogen-bond acceptors (Lipinski definition) is 5. The second kappa shape index (κ2) is 8.29. The second-order valence-corrected chi connectivity index (χ2v) is 8.08. The molecule has 0 saturated heterocycles. The van der Waals surface area contributed by atoms with Crippen LogP contribution < -0.4 is 5.32 Å².